The summed E-state index contributed by atoms with van der Waals surface area (Å²) in [7, 11) is -3.80. The number of amides is 1. The number of halogens is 1. The molecule has 1 unspecified atom stereocenters. The van der Waals surface area contributed by atoms with E-state index in [1.807, 2.05) is 6.92 Å². The summed E-state index contributed by atoms with van der Waals surface area (Å²) in [5.74, 6) is -1.24. The molecule has 0 bridgehead atoms. The Morgan fingerprint density at radius 3 is 2.58 bits per heavy atom. The van der Waals surface area contributed by atoms with Crippen LogP contribution in [0.25, 0.3) is 10.8 Å². The molecule has 0 fully saturated rings. The van der Waals surface area contributed by atoms with Gasteiger partial charge in [0.1, 0.15) is 5.60 Å². The van der Waals surface area contributed by atoms with Crippen LogP contribution in [-0.4, -0.2) is 48.8 Å². The minimum absolute atomic E-state index is 0.0442. The van der Waals surface area contributed by atoms with Crippen molar-refractivity contribution in [1.82, 2.24) is 9.88 Å². The molecular formula is C23H33FN2O4S. The number of pyridine rings is 1. The van der Waals surface area contributed by atoms with Crippen molar-refractivity contribution in [3.63, 3.8) is 0 Å². The number of unbranched alkanes of at least 4 members (excludes halogenated alkanes) is 1. The molecule has 8 heteroatoms. The van der Waals surface area contributed by atoms with Crippen molar-refractivity contribution in [3.05, 3.63) is 35.9 Å². The summed E-state index contributed by atoms with van der Waals surface area (Å²) < 4.78 is 46.4. The molecule has 31 heavy (non-hydrogen) atoms. The number of aromatic nitrogens is 1. The molecule has 0 aliphatic carbocycles. The van der Waals surface area contributed by atoms with E-state index in [0.29, 0.717) is 17.6 Å². The van der Waals surface area contributed by atoms with E-state index >= 15 is 0 Å². The van der Waals surface area contributed by atoms with Gasteiger partial charge in [0, 0.05) is 29.6 Å². The lowest BCUT2D eigenvalue weighted by atomic mass is 10.1. The summed E-state index contributed by atoms with van der Waals surface area (Å²) in [6, 6.07) is 4.69. The SMILES string of the molecule is CCCCN(CC(C)CS(=O)(=O)c1cccc2c(C)ncc(F)c12)C(=O)OC(C)(C)C. The maximum atomic E-state index is 14.5. The van der Waals surface area contributed by atoms with Crippen molar-refractivity contribution in [2.24, 2.45) is 5.92 Å². The van der Waals surface area contributed by atoms with Gasteiger partial charge in [0.2, 0.25) is 0 Å². The number of benzene rings is 1. The Hall–Kier alpha value is -2.22. The van der Waals surface area contributed by atoms with Gasteiger partial charge in [0.25, 0.3) is 0 Å². The van der Waals surface area contributed by atoms with Gasteiger partial charge in [-0.25, -0.2) is 17.6 Å². The molecule has 1 heterocycles. The monoisotopic (exact) mass is 452 g/mol. The van der Waals surface area contributed by atoms with Crippen molar-refractivity contribution >= 4 is 26.7 Å². The number of nitrogens with zero attached hydrogens (tertiary/aromatic N) is 2. The van der Waals surface area contributed by atoms with Crippen molar-refractivity contribution < 1.29 is 22.3 Å². The second-order valence-corrected chi connectivity index (χ2v) is 11.0. The van der Waals surface area contributed by atoms with Crippen molar-refractivity contribution in [3.8, 4) is 0 Å². The Kier molecular flexibility index (Phi) is 8.03. The van der Waals surface area contributed by atoms with Crippen LogP contribution in [-0.2, 0) is 14.6 Å². The summed E-state index contributed by atoms with van der Waals surface area (Å²) in [5, 5.41) is 0.546. The van der Waals surface area contributed by atoms with Gasteiger partial charge in [0.15, 0.2) is 15.7 Å². The largest absolute Gasteiger partial charge is 0.444 e. The highest BCUT2D eigenvalue weighted by molar-refractivity contribution is 7.91. The van der Waals surface area contributed by atoms with Gasteiger partial charge < -0.3 is 9.64 Å². The normalized spacial score (nSPS) is 13.3. The highest BCUT2D eigenvalue weighted by atomic mass is 32.2. The number of sulfone groups is 1. The average Bonchev–Trinajstić information content (AvgIpc) is 2.65. The Balaban J connectivity index is 2.27. The van der Waals surface area contributed by atoms with Gasteiger partial charge in [-0.1, -0.05) is 32.4 Å². The third-order valence-corrected chi connectivity index (χ3v) is 6.85. The predicted molar refractivity (Wildman–Crippen MR) is 120 cm³/mol. The third-order valence-electron chi connectivity index (χ3n) is 4.83. The third kappa shape index (κ3) is 6.63. The lowest BCUT2D eigenvalue weighted by Crippen LogP contribution is -2.40. The highest BCUT2D eigenvalue weighted by Gasteiger charge is 2.27. The molecule has 1 amide bonds. The number of carbonyl (C=O) groups is 1. The maximum Gasteiger partial charge on any atom is 0.410 e. The van der Waals surface area contributed by atoms with Crippen LogP contribution >= 0.6 is 0 Å². The molecule has 0 saturated carbocycles. The quantitative estimate of drug-likeness (QED) is 0.555. The van der Waals surface area contributed by atoms with Gasteiger partial charge in [-0.2, -0.15) is 0 Å². The average molecular weight is 453 g/mol. The molecule has 2 aromatic rings. The smallest absolute Gasteiger partial charge is 0.410 e. The molecular weight excluding hydrogens is 419 g/mol. The number of rotatable bonds is 8. The first kappa shape index (κ1) is 25.0. The van der Waals surface area contributed by atoms with Crippen LogP contribution in [0.1, 0.15) is 53.2 Å². The number of fused-ring (bicyclic) bond motifs is 1. The van der Waals surface area contributed by atoms with Gasteiger partial charge in [-0.15, -0.1) is 0 Å². The zero-order valence-corrected chi connectivity index (χ0v) is 20.1. The summed E-state index contributed by atoms with van der Waals surface area (Å²) in [6.07, 6.45) is 2.28. The van der Waals surface area contributed by atoms with E-state index in [1.165, 1.54) is 6.07 Å². The van der Waals surface area contributed by atoms with E-state index < -0.39 is 27.3 Å². The molecule has 0 aliphatic heterocycles. The summed E-state index contributed by atoms with van der Waals surface area (Å²) in [5.41, 5.74) is -0.0689. The Labute approximate surface area is 184 Å². The number of hydrogen-bond acceptors (Lipinski definition) is 5. The van der Waals surface area contributed by atoms with Crippen molar-refractivity contribution in [1.29, 1.82) is 0 Å². The highest BCUT2D eigenvalue weighted by Crippen LogP contribution is 2.28. The number of hydrogen-bond donors (Lipinski definition) is 0. The number of ether oxygens (including phenoxy) is 1. The van der Waals surface area contributed by atoms with E-state index in [-0.39, 0.29) is 28.5 Å². The van der Waals surface area contributed by atoms with E-state index in [9.17, 15) is 17.6 Å². The molecule has 0 N–H and O–H groups in total. The minimum atomic E-state index is -3.80. The standard InChI is InChI=1S/C23H33FN2O4S/c1-7-8-12-26(22(27)30-23(4,5)6)14-16(2)15-31(28,29)20-11-9-10-18-17(3)25-13-19(24)21(18)20/h9-11,13,16H,7-8,12,14-15H2,1-6H3. The van der Waals surface area contributed by atoms with Gasteiger partial charge >= 0.3 is 6.09 Å². The van der Waals surface area contributed by atoms with Crippen LogP contribution in [0.4, 0.5) is 9.18 Å². The van der Waals surface area contributed by atoms with Crippen molar-refractivity contribution in [2.45, 2.75) is 64.9 Å². The molecule has 1 atom stereocenters. The minimum Gasteiger partial charge on any atom is -0.444 e. The molecule has 2 rings (SSSR count). The second-order valence-electron chi connectivity index (χ2n) is 9.04. The second kappa shape index (κ2) is 9.94. The fourth-order valence-electron chi connectivity index (χ4n) is 3.45. The number of carbonyl (C=O) groups excluding carboxylic acids is 1. The lowest BCUT2D eigenvalue weighted by Gasteiger charge is -2.29. The first-order valence-corrected chi connectivity index (χ1v) is 12.3. The van der Waals surface area contributed by atoms with Crippen molar-refractivity contribution in [2.75, 3.05) is 18.8 Å². The lowest BCUT2D eigenvalue weighted by molar-refractivity contribution is 0.0226. The van der Waals surface area contributed by atoms with E-state index in [0.717, 1.165) is 19.0 Å². The fourth-order valence-corrected chi connectivity index (χ4v) is 5.29. The summed E-state index contributed by atoms with van der Waals surface area (Å²) >= 11 is 0. The van der Waals surface area contributed by atoms with Crippen LogP contribution in [0.15, 0.2) is 29.3 Å². The van der Waals surface area contributed by atoms with Crippen LogP contribution in [0.5, 0.6) is 0 Å². The Bertz CT molecular complexity index is 1030. The first-order chi connectivity index (χ1) is 14.4. The zero-order valence-electron chi connectivity index (χ0n) is 19.2. The maximum absolute atomic E-state index is 14.5. The molecule has 0 aliphatic rings. The fraction of sp³-hybridized carbons (Fsp3) is 0.565. The Morgan fingerprint density at radius 1 is 1.29 bits per heavy atom. The van der Waals surface area contributed by atoms with Crippen LogP contribution < -0.4 is 0 Å². The summed E-state index contributed by atoms with van der Waals surface area (Å²) in [6.45, 7) is 11.6. The summed E-state index contributed by atoms with van der Waals surface area (Å²) in [4.78, 5) is 18.1. The van der Waals surface area contributed by atoms with E-state index in [1.54, 1.807) is 51.7 Å². The molecule has 1 aromatic carbocycles. The van der Waals surface area contributed by atoms with Gasteiger partial charge in [-0.3, -0.25) is 4.98 Å². The van der Waals surface area contributed by atoms with E-state index in [4.69, 9.17) is 4.74 Å². The topological polar surface area (TPSA) is 76.6 Å². The first-order valence-electron chi connectivity index (χ1n) is 10.6. The van der Waals surface area contributed by atoms with Crippen LogP contribution in [0, 0.1) is 18.7 Å². The van der Waals surface area contributed by atoms with E-state index in [2.05, 4.69) is 4.98 Å². The molecule has 0 spiro atoms. The molecule has 6 nitrogen and oxygen atoms in total. The Morgan fingerprint density at radius 2 is 1.97 bits per heavy atom. The van der Waals surface area contributed by atoms with Gasteiger partial charge in [-0.05, 0) is 46.1 Å². The number of aryl methyl sites for hydroxylation is 1. The molecule has 0 radical (unpaired) electrons. The van der Waals surface area contributed by atoms with Gasteiger partial charge in [0.05, 0.1) is 16.8 Å². The molecule has 1 aromatic heterocycles. The van der Waals surface area contributed by atoms with Crippen LogP contribution in [0.2, 0.25) is 0 Å². The van der Waals surface area contributed by atoms with Crippen LogP contribution in [0.3, 0.4) is 0 Å². The zero-order chi connectivity index (χ0) is 23.4. The molecule has 172 valence electrons. The predicted octanol–water partition coefficient (Wildman–Crippen LogP) is 5.13. The molecule has 0 saturated heterocycles.